The number of alkyl halides is 2. The van der Waals surface area contributed by atoms with E-state index < -0.39 is 0 Å². The number of aryl methyl sites for hydroxylation is 1. The van der Waals surface area contributed by atoms with Crippen molar-refractivity contribution in [1.29, 1.82) is 0 Å². The van der Waals surface area contributed by atoms with Gasteiger partial charge in [0.2, 0.25) is 0 Å². The molecule has 0 aromatic heterocycles. The van der Waals surface area contributed by atoms with Gasteiger partial charge in [0.1, 0.15) is 0 Å². The highest BCUT2D eigenvalue weighted by atomic mass is 79.9. The van der Waals surface area contributed by atoms with Crippen LogP contribution >= 0.6 is 31.9 Å². The van der Waals surface area contributed by atoms with Crippen LogP contribution in [0.15, 0.2) is 42.5 Å². The summed E-state index contributed by atoms with van der Waals surface area (Å²) < 4.78 is 0.197. The second-order valence-corrected chi connectivity index (χ2v) is 9.32. The normalized spacial score (nSPS) is 11.9. The summed E-state index contributed by atoms with van der Waals surface area (Å²) in [6, 6.07) is 15.6. The lowest BCUT2D eigenvalue weighted by atomic mass is 9.86. The zero-order valence-corrected chi connectivity index (χ0v) is 15.5. The predicted octanol–water partition coefficient (Wildman–Crippen LogP) is 6.75. The molecule has 0 spiro atoms. The van der Waals surface area contributed by atoms with Crippen molar-refractivity contribution in [2.45, 2.75) is 36.8 Å². The van der Waals surface area contributed by atoms with E-state index >= 15 is 0 Å². The number of halogens is 2. The van der Waals surface area contributed by atoms with Gasteiger partial charge < -0.3 is 0 Å². The topological polar surface area (TPSA) is 0 Å². The summed E-state index contributed by atoms with van der Waals surface area (Å²) in [6.45, 7) is 8.87. The Morgan fingerprint density at radius 1 is 0.850 bits per heavy atom. The highest BCUT2D eigenvalue weighted by Gasteiger charge is 2.13. The Kier molecular flexibility index (Phi) is 4.76. The lowest BCUT2D eigenvalue weighted by molar-refractivity contribution is 0.590. The van der Waals surface area contributed by atoms with Crippen LogP contribution in [0.1, 0.15) is 41.2 Å². The molecule has 2 aromatic rings. The summed E-state index contributed by atoms with van der Waals surface area (Å²) in [4.78, 5) is 0. The summed E-state index contributed by atoms with van der Waals surface area (Å²) in [5.41, 5.74) is 6.63. The van der Waals surface area contributed by atoms with E-state index in [-0.39, 0.29) is 9.15 Å². The average Bonchev–Trinajstić information content (AvgIpc) is 2.37. The van der Waals surface area contributed by atoms with E-state index in [0.29, 0.717) is 0 Å². The van der Waals surface area contributed by atoms with E-state index in [4.69, 9.17) is 0 Å². The highest BCUT2D eigenvalue weighted by Crippen LogP contribution is 2.33. The average molecular weight is 396 g/mol. The predicted molar refractivity (Wildman–Crippen MR) is 95.9 cm³/mol. The van der Waals surface area contributed by atoms with Gasteiger partial charge in [-0.15, -0.1) is 0 Å². The first kappa shape index (κ1) is 15.8. The molecule has 0 N–H and O–H groups in total. The quantitative estimate of drug-likeness (QED) is 0.493. The van der Waals surface area contributed by atoms with Crippen LogP contribution in [0.25, 0.3) is 11.1 Å². The Morgan fingerprint density at radius 3 is 1.95 bits per heavy atom. The van der Waals surface area contributed by atoms with Gasteiger partial charge in [-0.1, -0.05) is 94.6 Å². The van der Waals surface area contributed by atoms with Crippen LogP contribution in [0.5, 0.6) is 0 Å². The minimum atomic E-state index is 0.197. The lowest BCUT2D eigenvalue weighted by Crippen LogP contribution is -2.10. The fourth-order valence-electron chi connectivity index (χ4n) is 2.27. The van der Waals surface area contributed by atoms with Gasteiger partial charge in [-0.05, 0) is 40.7 Å². The molecule has 0 fully saturated rings. The zero-order valence-electron chi connectivity index (χ0n) is 12.4. The fraction of sp³-hybridized carbons (Fsp3) is 0.333. The van der Waals surface area contributed by atoms with Gasteiger partial charge in [-0.25, -0.2) is 0 Å². The van der Waals surface area contributed by atoms with Gasteiger partial charge in [-0.2, -0.15) is 0 Å². The van der Waals surface area contributed by atoms with Gasteiger partial charge in [0.15, 0.2) is 0 Å². The van der Waals surface area contributed by atoms with Crippen LogP contribution < -0.4 is 0 Å². The molecule has 0 amide bonds. The van der Waals surface area contributed by atoms with Gasteiger partial charge >= 0.3 is 0 Å². The SMILES string of the molecule is Cc1cc(-c2ccc(C(C)(C)C)cc2)cc(C(Br)Br)c1. The molecule has 0 heterocycles. The molecule has 2 aromatic carbocycles. The second-order valence-electron chi connectivity index (χ2n) is 6.26. The van der Waals surface area contributed by atoms with Crippen molar-refractivity contribution in [3.8, 4) is 11.1 Å². The van der Waals surface area contributed by atoms with Crippen LogP contribution in [-0.2, 0) is 5.41 Å². The first-order valence-corrected chi connectivity index (χ1v) is 8.61. The van der Waals surface area contributed by atoms with E-state index in [0.717, 1.165) is 0 Å². The van der Waals surface area contributed by atoms with Crippen LogP contribution in [0.2, 0.25) is 0 Å². The van der Waals surface area contributed by atoms with Crippen molar-refractivity contribution in [2.24, 2.45) is 0 Å². The molecule has 20 heavy (non-hydrogen) atoms. The van der Waals surface area contributed by atoms with Crippen molar-refractivity contribution in [1.82, 2.24) is 0 Å². The first-order chi connectivity index (χ1) is 9.27. The molecular formula is C18H20Br2. The summed E-state index contributed by atoms with van der Waals surface area (Å²) in [7, 11) is 0. The standard InChI is InChI=1S/C18H20Br2/c1-12-9-14(11-15(10-12)17(19)20)13-5-7-16(8-6-13)18(2,3)4/h5-11,17H,1-4H3. The summed E-state index contributed by atoms with van der Waals surface area (Å²) in [5, 5.41) is 0. The van der Waals surface area contributed by atoms with Gasteiger partial charge in [0.25, 0.3) is 0 Å². The molecule has 0 saturated carbocycles. The minimum absolute atomic E-state index is 0.197. The molecule has 0 saturated heterocycles. The van der Waals surface area contributed by atoms with Gasteiger partial charge in [-0.3, -0.25) is 0 Å². The van der Waals surface area contributed by atoms with Crippen LogP contribution in [0, 0.1) is 6.92 Å². The van der Waals surface area contributed by atoms with Crippen molar-refractivity contribution in [2.75, 3.05) is 0 Å². The van der Waals surface area contributed by atoms with E-state index in [2.05, 4.69) is 102 Å². The summed E-state index contributed by atoms with van der Waals surface area (Å²) >= 11 is 7.16. The second kappa shape index (κ2) is 6.03. The van der Waals surface area contributed by atoms with E-state index in [1.54, 1.807) is 0 Å². The zero-order chi connectivity index (χ0) is 14.9. The third-order valence-corrected chi connectivity index (χ3v) is 4.49. The molecule has 2 rings (SSSR count). The van der Waals surface area contributed by atoms with Crippen LogP contribution in [0.3, 0.4) is 0 Å². The Morgan fingerprint density at radius 2 is 1.45 bits per heavy atom. The number of rotatable bonds is 2. The molecule has 0 unspecified atom stereocenters. The van der Waals surface area contributed by atoms with Crippen molar-refractivity contribution in [3.05, 3.63) is 59.2 Å². The summed E-state index contributed by atoms with van der Waals surface area (Å²) in [5.74, 6) is 0. The van der Waals surface area contributed by atoms with E-state index in [1.165, 1.54) is 27.8 Å². The maximum absolute atomic E-state index is 3.58. The summed E-state index contributed by atoms with van der Waals surface area (Å²) in [6.07, 6.45) is 0. The molecular weight excluding hydrogens is 376 g/mol. The first-order valence-electron chi connectivity index (χ1n) is 6.78. The lowest BCUT2D eigenvalue weighted by Gasteiger charge is -2.19. The molecule has 0 aliphatic carbocycles. The molecule has 2 heteroatoms. The number of hydrogen-bond donors (Lipinski definition) is 0. The molecule has 106 valence electrons. The van der Waals surface area contributed by atoms with Crippen LogP contribution in [-0.4, -0.2) is 0 Å². The van der Waals surface area contributed by atoms with Gasteiger partial charge in [0, 0.05) is 0 Å². The molecule has 0 nitrogen and oxygen atoms in total. The Labute approximate surface area is 138 Å². The molecule has 0 atom stereocenters. The van der Waals surface area contributed by atoms with Gasteiger partial charge in [0.05, 0.1) is 3.74 Å². The smallest absolute Gasteiger partial charge is 0.0712 e. The van der Waals surface area contributed by atoms with E-state index in [1.807, 2.05) is 0 Å². The monoisotopic (exact) mass is 394 g/mol. The van der Waals surface area contributed by atoms with Crippen molar-refractivity contribution in [3.63, 3.8) is 0 Å². The molecule has 0 radical (unpaired) electrons. The number of benzene rings is 2. The molecule has 0 bridgehead atoms. The van der Waals surface area contributed by atoms with Crippen LogP contribution in [0.4, 0.5) is 0 Å². The van der Waals surface area contributed by atoms with Crippen molar-refractivity contribution < 1.29 is 0 Å². The molecule has 0 aliphatic rings. The van der Waals surface area contributed by atoms with E-state index in [9.17, 15) is 0 Å². The minimum Gasteiger partial charge on any atom is -0.0712 e. The Bertz CT molecular complexity index is 590. The Balaban J connectivity index is 2.41. The maximum atomic E-state index is 3.58. The third-order valence-electron chi connectivity index (χ3n) is 3.44. The highest BCUT2D eigenvalue weighted by molar-refractivity contribution is 9.24. The Hall–Kier alpha value is -0.600. The largest absolute Gasteiger partial charge is 0.0946 e. The fourth-order valence-corrected chi connectivity index (χ4v) is 2.80. The van der Waals surface area contributed by atoms with Crippen molar-refractivity contribution >= 4 is 31.9 Å². The maximum Gasteiger partial charge on any atom is 0.0946 e. The number of hydrogen-bond acceptors (Lipinski definition) is 0. The third kappa shape index (κ3) is 3.73. The molecule has 0 aliphatic heterocycles.